The van der Waals surface area contributed by atoms with E-state index in [4.69, 9.17) is 9.47 Å². The number of methoxy groups -OCH3 is 1. The molecule has 1 fully saturated rings. The first-order chi connectivity index (χ1) is 9.20. The van der Waals surface area contributed by atoms with Crippen LogP contribution in [0.4, 0.5) is 0 Å². The Morgan fingerprint density at radius 2 is 2.21 bits per heavy atom. The molecule has 0 bridgehead atoms. The SMILES string of the molecule is COc1ccc(O)c(C(=O)NCC2CCOCC2)c1. The fraction of sp³-hybridized carbons (Fsp3) is 0.500. The highest BCUT2D eigenvalue weighted by Gasteiger charge is 2.17. The topological polar surface area (TPSA) is 67.8 Å². The molecular formula is C14H19NO4. The lowest BCUT2D eigenvalue weighted by Gasteiger charge is -2.22. The lowest BCUT2D eigenvalue weighted by Crippen LogP contribution is -2.32. The van der Waals surface area contributed by atoms with E-state index in [0.29, 0.717) is 18.2 Å². The van der Waals surface area contributed by atoms with Gasteiger partial charge in [0.2, 0.25) is 0 Å². The second kappa shape index (κ2) is 6.43. The van der Waals surface area contributed by atoms with E-state index < -0.39 is 0 Å². The number of hydrogen-bond acceptors (Lipinski definition) is 4. The Bertz CT molecular complexity index is 441. The van der Waals surface area contributed by atoms with Gasteiger partial charge in [0.05, 0.1) is 12.7 Å². The van der Waals surface area contributed by atoms with Crippen LogP contribution in [0.3, 0.4) is 0 Å². The summed E-state index contributed by atoms with van der Waals surface area (Å²) in [6, 6.07) is 4.61. The summed E-state index contributed by atoms with van der Waals surface area (Å²) in [5.41, 5.74) is 0.242. The van der Waals surface area contributed by atoms with Crippen LogP contribution in [0.5, 0.6) is 11.5 Å². The van der Waals surface area contributed by atoms with Gasteiger partial charge in [-0.1, -0.05) is 0 Å². The van der Waals surface area contributed by atoms with Crippen molar-refractivity contribution in [3.63, 3.8) is 0 Å². The fourth-order valence-electron chi connectivity index (χ4n) is 2.11. The lowest BCUT2D eigenvalue weighted by atomic mass is 10.0. The molecule has 0 aromatic heterocycles. The minimum Gasteiger partial charge on any atom is -0.507 e. The first-order valence-electron chi connectivity index (χ1n) is 6.43. The summed E-state index contributed by atoms with van der Waals surface area (Å²) in [4.78, 5) is 12.0. The molecule has 1 aromatic rings. The summed E-state index contributed by atoms with van der Waals surface area (Å²) in [5, 5.41) is 12.6. The maximum Gasteiger partial charge on any atom is 0.255 e. The molecule has 2 N–H and O–H groups in total. The Balaban J connectivity index is 1.95. The van der Waals surface area contributed by atoms with Gasteiger partial charge in [-0.15, -0.1) is 0 Å². The van der Waals surface area contributed by atoms with Crippen LogP contribution in [0.1, 0.15) is 23.2 Å². The van der Waals surface area contributed by atoms with Crippen molar-refractivity contribution in [3.8, 4) is 11.5 Å². The average molecular weight is 265 g/mol. The number of hydrogen-bond donors (Lipinski definition) is 2. The summed E-state index contributed by atoms with van der Waals surface area (Å²) >= 11 is 0. The first kappa shape index (κ1) is 13.7. The van der Waals surface area contributed by atoms with Crippen LogP contribution in [0, 0.1) is 5.92 Å². The Morgan fingerprint density at radius 3 is 2.89 bits per heavy atom. The molecule has 1 saturated heterocycles. The fourth-order valence-corrected chi connectivity index (χ4v) is 2.11. The van der Waals surface area contributed by atoms with Gasteiger partial charge in [0.1, 0.15) is 11.5 Å². The number of nitrogens with one attached hydrogen (secondary N) is 1. The van der Waals surface area contributed by atoms with Crippen molar-refractivity contribution in [2.75, 3.05) is 26.9 Å². The van der Waals surface area contributed by atoms with Gasteiger partial charge in [-0.05, 0) is 37.0 Å². The Kier molecular flexibility index (Phi) is 4.63. The Hall–Kier alpha value is -1.75. The number of rotatable bonds is 4. The Morgan fingerprint density at radius 1 is 1.47 bits per heavy atom. The van der Waals surface area contributed by atoms with Crippen molar-refractivity contribution < 1.29 is 19.4 Å². The van der Waals surface area contributed by atoms with E-state index in [2.05, 4.69) is 5.32 Å². The zero-order valence-corrected chi connectivity index (χ0v) is 11.0. The highest BCUT2D eigenvalue weighted by atomic mass is 16.5. The van der Waals surface area contributed by atoms with Gasteiger partial charge in [0.25, 0.3) is 5.91 Å². The molecule has 1 heterocycles. The van der Waals surface area contributed by atoms with E-state index in [-0.39, 0.29) is 17.2 Å². The van der Waals surface area contributed by atoms with E-state index in [0.717, 1.165) is 26.1 Å². The highest BCUT2D eigenvalue weighted by Crippen LogP contribution is 2.23. The Labute approximate surface area is 112 Å². The minimum atomic E-state index is -0.275. The molecule has 1 aliphatic heterocycles. The number of amides is 1. The number of ether oxygens (including phenoxy) is 2. The molecule has 0 spiro atoms. The molecule has 0 aliphatic carbocycles. The average Bonchev–Trinajstić information content (AvgIpc) is 2.46. The van der Waals surface area contributed by atoms with Crippen LogP contribution < -0.4 is 10.1 Å². The molecule has 1 aromatic carbocycles. The highest BCUT2D eigenvalue weighted by molar-refractivity contribution is 5.97. The summed E-state index contributed by atoms with van der Waals surface area (Å²) in [5.74, 6) is 0.688. The predicted molar refractivity (Wildman–Crippen MR) is 70.5 cm³/mol. The molecule has 1 amide bonds. The predicted octanol–water partition coefficient (Wildman–Crippen LogP) is 1.56. The molecule has 0 unspecified atom stereocenters. The number of phenols is 1. The molecule has 1 aliphatic rings. The van der Waals surface area contributed by atoms with E-state index in [1.165, 1.54) is 19.2 Å². The molecule has 5 heteroatoms. The van der Waals surface area contributed by atoms with Crippen molar-refractivity contribution in [1.29, 1.82) is 0 Å². The maximum atomic E-state index is 12.0. The smallest absolute Gasteiger partial charge is 0.255 e. The minimum absolute atomic E-state index is 0.0368. The van der Waals surface area contributed by atoms with Gasteiger partial charge < -0.3 is 19.9 Å². The quantitative estimate of drug-likeness (QED) is 0.867. The van der Waals surface area contributed by atoms with Crippen LogP contribution in [0.15, 0.2) is 18.2 Å². The van der Waals surface area contributed by atoms with Gasteiger partial charge in [0.15, 0.2) is 0 Å². The summed E-state index contributed by atoms with van der Waals surface area (Å²) in [7, 11) is 1.52. The van der Waals surface area contributed by atoms with Crippen molar-refractivity contribution in [1.82, 2.24) is 5.32 Å². The number of phenolic OH excluding ortho intramolecular Hbond substituents is 1. The van der Waals surface area contributed by atoms with Crippen LogP contribution in [-0.4, -0.2) is 37.9 Å². The van der Waals surface area contributed by atoms with Crippen molar-refractivity contribution in [2.24, 2.45) is 5.92 Å². The number of benzene rings is 1. The molecule has 0 radical (unpaired) electrons. The maximum absolute atomic E-state index is 12.0. The van der Waals surface area contributed by atoms with E-state index in [9.17, 15) is 9.90 Å². The molecule has 5 nitrogen and oxygen atoms in total. The number of carbonyl (C=O) groups excluding carboxylic acids is 1. The molecule has 0 atom stereocenters. The van der Waals surface area contributed by atoms with E-state index in [1.807, 2.05) is 0 Å². The third-order valence-electron chi connectivity index (χ3n) is 3.34. The molecule has 19 heavy (non-hydrogen) atoms. The lowest BCUT2D eigenvalue weighted by molar-refractivity contribution is 0.0642. The van der Waals surface area contributed by atoms with Gasteiger partial charge in [-0.2, -0.15) is 0 Å². The normalized spacial score (nSPS) is 16.1. The van der Waals surface area contributed by atoms with Crippen LogP contribution in [-0.2, 0) is 4.74 Å². The van der Waals surface area contributed by atoms with Gasteiger partial charge >= 0.3 is 0 Å². The van der Waals surface area contributed by atoms with Gasteiger partial charge in [0, 0.05) is 19.8 Å². The van der Waals surface area contributed by atoms with Gasteiger partial charge in [-0.25, -0.2) is 0 Å². The first-order valence-corrected chi connectivity index (χ1v) is 6.43. The standard InChI is InChI=1S/C14H19NO4/c1-18-11-2-3-13(16)12(8-11)14(17)15-9-10-4-6-19-7-5-10/h2-3,8,10,16H,4-7,9H2,1H3,(H,15,17). The monoisotopic (exact) mass is 265 g/mol. The number of aromatic hydroxyl groups is 1. The summed E-state index contributed by atoms with van der Waals surface area (Å²) in [6.07, 6.45) is 1.93. The third-order valence-corrected chi connectivity index (χ3v) is 3.34. The number of carbonyl (C=O) groups is 1. The molecule has 104 valence electrons. The van der Waals surface area contributed by atoms with E-state index in [1.54, 1.807) is 6.07 Å². The second-order valence-electron chi connectivity index (χ2n) is 4.65. The van der Waals surface area contributed by atoms with Crippen molar-refractivity contribution in [3.05, 3.63) is 23.8 Å². The zero-order valence-electron chi connectivity index (χ0n) is 11.0. The third kappa shape index (κ3) is 3.61. The summed E-state index contributed by atoms with van der Waals surface area (Å²) < 4.78 is 10.3. The zero-order chi connectivity index (χ0) is 13.7. The van der Waals surface area contributed by atoms with Crippen molar-refractivity contribution >= 4 is 5.91 Å². The van der Waals surface area contributed by atoms with E-state index >= 15 is 0 Å². The molecule has 0 saturated carbocycles. The summed E-state index contributed by atoms with van der Waals surface area (Å²) in [6.45, 7) is 2.12. The molecule has 2 rings (SSSR count). The van der Waals surface area contributed by atoms with Gasteiger partial charge in [-0.3, -0.25) is 4.79 Å². The van der Waals surface area contributed by atoms with Crippen molar-refractivity contribution in [2.45, 2.75) is 12.8 Å². The largest absolute Gasteiger partial charge is 0.507 e. The van der Waals surface area contributed by atoms with Crippen LogP contribution in [0.25, 0.3) is 0 Å². The van der Waals surface area contributed by atoms with Crippen LogP contribution >= 0.6 is 0 Å². The van der Waals surface area contributed by atoms with Crippen LogP contribution in [0.2, 0.25) is 0 Å². The molecular weight excluding hydrogens is 246 g/mol. The second-order valence-corrected chi connectivity index (χ2v) is 4.65.